The van der Waals surface area contributed by atoms with Gasteiger partial charge >= 0.3 is 5.69 Å². The van der Waals surface area contributed by atoms with Crippen molar-refractivity contribution in [2.24, 2.45) is 7.05 Å². The number of rotatable bonds is 2. The molecule has 0 spiro atoms. The molecule has 2 aromatic heterocycles. The van der Waals surface area contributed by atoms with E-state index < -0.39 is 5.69 Å². The molecule has 7 nitrogen and oxygen atoms in total. The average Bonchev–Trinajstić information content (AvgIpc) is 2.79. The molecule has 3 rings (SSSR count). The van der Waals surface area contributed by atoms with Gasteiger partial charge in [0.1, 0.15) is 17.6 Å². The van der Waals surface area contributed by atoms with Crippen molar-refractivity contribution in [3.05, 3.63) is 46.8 Å². The van der Waals surface area contributed by atoms with Gasteiger partial charge in [-0.05, 0) is 18.2 Å². The molecule has 0 aliphatic rings. The van der Waals surface area contributed by atoms with Crippen molar-refractivity contribution >= 4 is 22.5 Å². The molecule has 0 aliphatic carbocycles. The van der Waals surface area contributed by atoms with Gasteiger partial charge in [-0.2, -0.15) is 10.2 Å². The number of hydrogen-bond acceptors (Lipinski definition) is 5. The van der Waals surface area contributed by atoms with Gasteiger partial charge in [0, 0.05) is 18.8 Å². The number of benzene rings is 1. The lowest BCUT2D eigenvalue weighted by atomic mass is 10.2. The van der Waals surface area contributed by atoms with Crippen molar-refractivity contribution < 1.29 is 0 Å². The maximum absolute atomic E-state index is 11.3. The van der Waals surface area contributed by atoms with Crippen molar-refractivity contribution in [1.29, 1.82) is 5.26 Å². The van der Waals surface area contributed by atoms with Gasteiger partial charge in [0.05, 0.1) is 17.4 Å². The Balaban J connectivity index is 1.99. The molecule has 0 aliphatic heterocycles. The molecule has 0 fully saturated rings. The fourth-order valence-corrected chi connectivity index (χ4v) is 1.94. The molecule has 20 heavy (non-hydrogen) atoms. The van der Waals surface area contributed by atoms with Crippen LogP contribution < -0.4 is 11.0 Å². The molecular weight excluding hydrogens is 256 g/mol. The minimum atomic E-state index is -0.564. The molecule has 0 saturated carbocycles. The zero-order chi connectivity index (χ0) is 14.1. The van der Waals surface area contributed by atoms with Gasteiger partial charge in [-0.25, -0.2) is 9.78 Å². The van der Waals surface area contributed by atoms with E-state index in [-0.39, 0.29) is 5.69 Å². The smallest absolute Gasteiger partial charge is 0.340 e. The van der Waals surface area contributed by atoms with E-state index in [0.29, 0.717) is 5.82 Å². The Morgan fingerprint density at radius 3 is 3.05 bits per heavy atom. The summed E-state index contributed by atoms with van der Waals surface area (Å²) < 4.78 is 1.92. The maximum atomic E-state index is 11.3. The van der Waals surface area contributed by atoms with E-state index in [1.165, 1.54) is 6.07 Å². The van der Waals surface area contributed by atoms with E-state index in [4.69, 9.17) is 5.26 Å². The van der Waals surface area contributed by atoms with Crippen LogP contribution >= 0.6 is 0 Å². The second kappa shape index (κ2) is 4.51. The van der Waals surface area contributed by atoms with Crippen molar-refractivity contribution in [3.63, 3.8) is 0 Å². The largest absolute Gasteiger partial charge is 0.347 e. The van der Waals surface area contributed by atoms with Gasteiger partial charge in [0.15, 0.2) is 0 Å². The van der Waals surface area contributed by atoms with Gasteiger partial charge in [-0.15, -0.1) is 0 Å². The molecule has 98 valence electrons. The van der Waals surface area contributed by atoms with Gasteiger partial charge in [0.2, 0.25) is 0 Å². The average molecular weight is 266 g/mol. The van der Waals surface area contributed by atoms with Crippen molar-refractivity contribution in [2.75, 3.05) is 5.32 Å². The number of hydrogen-bond donors (Lipinski definition) is 2. The molecular formula is C13H10N6O. The minimum Gasteiger partial charge on any atom is -0.340 e. The lowest BCUT2D eigenvalue weighted by molar-refractivity contribution is 0.948. The molecule has 1 aromatic carbocycles. The molecule has 2 N–H and O–H groups in total. The van der Waals surface area contributed by atoms with Crippen molar-refractivity contribution in [1.82, 2.24) is 19.5 Å². The van der Waals surface area contributed by atoms with Crippen LogP contribution in [0.2, 0.25) is 0 Å². The summed E-state index contributed by atoms with van der Waals surface area (Å²) in [6.45, 7) is 0. The standard InChI is InChI=1S/C13H10N6O/c1-19-7-15-10-4-8(2-3-11(10)19)16-12-5-9(6-14)17-13(20)18-12/h2-5,7H,1H3,(H2,16,17,18,20). The fourth-order valence-electron chi connectivity index (χ4n) is 1.94. The Hall–Kier alpha value is -3.14. The number of aromatic amines is 1. The van der Waals surface area contributed by atoms with Crippen LogP contribution in [-0.2, 0) is 7.05 Å². The molecule has 0 radical (unpaired) electrons. The third-order valence-electron chi connectivity index (χ3n) is 2.86. The highest BCUT2D eigenvalue weighted by Gasteiger charge is 2.04. The SMILES string of the molecule is Cn1cnc2cc(Nc3cc(C#N)[nH]c(=O)n3)ccc21. The lowest BCUT2D eigenvalue weighted by Crippen LogP contribution is -2.13. The summed E-state index contributed by atoms with van der Waals surface area (Å²) in [6, 6.07) is 8.98. The predicted octanol–water partition coefficient (Wildman–Crippen LogP) is 1.27. The van der Waals surface area contributed by atoms with Crippen LogP contribution in [-0.4, -0.2) is 19.5 Å². The first kappa shape index (κ1) is 11.9. The summed E-state index contributed by atoms with van der Waals surface area (Å²) in [5, 5.41) is 11.8. The molecule has 0 bridgehead atoms. The van der Waals surface area contributed by atoms with Gasteiger partial charge in [-0.3, -0.25) is 4.98 Å². The predicted molar refractivity (Wildman–Crippen MR) is 73.6 cm³/mol. The van der Waals surface area contributed by atoms with Crippen LogP contribution in [0.4, 0.5) is 11.5 Å². The first-order valence-corrected chi connectivity index (χ1v) is 5.85. The van der Waals surface area contributed by atoms with E-state index in [0.717, 1.165) is 16.7 Å². The molecule has 0 atom stereocenters. The summed E-state index contributed by atoms with van der Waals surface area (Å²) in [4.78, 5) is 21.7. The number of aryl methyl sites for hydroxylation is 1. The first-order valence-electron chi connectivity index (χ1n) is 5.85. The van der Waals surface area contributed by atoms with Crippen LogP contribution in [0.5, 0.6) is 0 Å². The normalized spacial score (nSPS) is 10.4. The third-order valence-corrected chi connectivity index (χ3v) is 2.86. The van der Waals surface area contributed by atoms with Gasteiger partial charge in [0.25, 0.3) is 0 Å². The second-order valence-electron chi connectivity index (χ2n) is 4.28. The van der Waals surface area contributed by atoms with E-state index >= 15 is 0 Å². The molecule has 0 unspecified atom stereocenters. The number of nitrogens with one attached hydrogen (secondary N) is 2. The highest BCUT2D eigenvalue weighted by Crippen LogP contribution is 2.20. The highest BCUT2D eigenvalue weighted by atomic mass is 16.1. The number of H-pyrrole nitrogens is 1. The van der Waals surface area contributed by atoms with Crippen molar-refractivity contribution in [2.45, 2.75) is 0 Å². The summed E-state index contributed by atoms with van der Waals surface area (Å²) in [7, 11) is 1.92. The van der Waals surface area contributed by atoms with Gasteiger partial charge < -0.3 is 9.88 Å². The Morgan fingerprint density at radius 1 is 1.40 bits per heavy atom. The van der Waals surface area contributed by atoms with Gasteiger partial charge in [-0.1, -0.05) is 0 Å². The number of nitriles is 1. The Labute approximate surface area is 113 Å². The highest BCUT2D eigenvalue weighted by molar-refractivity contribution is 5.80. The van der Waals surface area contributed by atoms with Crippen LogP contribution in [0.15, 0.2) is 35.4 Å². The third kappa shape index (κ3) is 2.10. The number of anilines is 2. The lowest BCUT2D eigenvalue weighted by Gasteiger charge is -2.05. The molecule has 0 saturated heterocycles. The number of fused-ring (bicyclic) bond motifs is 1. The topological polar surface area (TPSA) is 99.4 Å². The summed E-state index contributed by atoms with van der Waals surface area (Å²) in [6.07, 6.45) is 1.73. The van der Waals surface area contributed by atoms with Crippen LogP contribution in [0.25, 0.3) is 11.0 Å². The second-order valence-corrected chi connectivity index (χ2v) is 4.28. The molecule has 0 amide bonds. The maximum Gasteiger partial charge on any atom is 0.347 e. The van der Waals surface area contributed by atoms with Crippen LogP contribution in [0.1, 0.15) is 5.69 Å². The van der Waals surface area contributed by atoms with Crippen LogP contribution in [0, 0.1) is 11.3 Å². The number of imidazole rings is 1. The van der Waals surface area contributed by atoms with Crippen molar-refractivity contribution in [3.8, 4) is 6.07 Å². The number of nitrogens with zero attached hydrogens (tertiary/aromatic N) is 4. The number of aromatic nitrogens is 4. The van der Waals surface area contributed by atoms with E-state index in [1.54, 1.807) is 6.33 Å². The monoisotopic (exact) mass is 266 g/mol. The fraction of sp³-hybridized carbons (Fsp3) is 0.0769. The molecule has 3 aromatic rings. The first-order chi connectivity index (χ1) is 9.65. The summed E-state index contributed by atoms with van der Waals surface area (Å²) in [5.74, 6) is 0.320. The zero-order valence-electron chi connectivity index (χ0n) is 10.6. The zero-order valence-corrected chi connectivity index (χ0v) is 10.6. The van der Waals surface area contributed by atoms with E-state index in [1.807, 2.05) is 35.9 Å². The Kier molecular flexibility index (Phi) is 2.69. The quantitative estimate of drug-likeness (QED) is 0.727. The molecule has 7 heteroatoms. The van der Waals surface area contributed by atoms with E-state index in [2.05, 4.69) is 20.3 Å². The summed E-state index contributed by atoms with van der Waals surface area (Å²) >= 11 is 0. The van der Waals surface area contributed by atoms with E-state index in [9.17, 15) is 4.79 Å². The van der Waals surface area contributed by atoms with Crippen LogP contribution in [0.3, 0.4) is 0 Å². The minimum absolute atomic E-state index is 0.159. The Bertz CT molecular complexity index is 886. The Morgan fingerprint density at radius 2 is 2.25 bits per heavy atom. The molecule has 2 heterocycles. The summed E-state index contributed by atoms with van der Waals surface area (Å²) in [5.41, 5.74) is 2.19.